The summed E-state index contributed by atoms with van der Waals surface area (Å²) in [6.07, 6.45) is 2.30. The first-order chi connectivity index (χ1) is 10.7. The van der Waals surface area contributed by atoms with Gasteiger partial charge in [-0.3, -0.25) is 0 Å². The van der Waals surface area contributed by atoms with Gasteiger partial charge in [-0.25, -0.2) is 4.98 Å². The molecule has 2 N–H and O–H groups in total. The number of likely N-dealkylation sites (tertiary alicyclic amines) is 1. The molecule has 6 nitrogen and oxygen atoms in total. The van der Waals surface area contributed by atoms with E-state index in [9.17, 15) is 0 Å². The van der Waals surface area contributed by atoms with Gasteiger partial charge in [0.15, 0.2) is 0 Å². The van der Waals surface area contributed by atoms with Gasteiger partial charge in [-0.2, -0.15) is 0 Å². The molecule has 0 amide bonds. The van der Waals surface area contributed by atoms with Gasteiger partial charge in [0.1, 0.15) is 10.8 Å². The van der Waals surface area contributed by atoms with Crippen molar-refractivity contribution in [3.63, 3.8) is 0 Å². The number of aryl methyl sites for hydroxylation is 1. The molecule has 2 aromatic rings. The number of anilines is 2. The van der Waals surface area contributed by atoms with E-state index in [1.165, 1.54) is 11.3 Å². The molecule has 3 rings (SSSR count). The highest BCUT2D eigenvalue weighted by molar-refractivity contribution is 7.15. The number of nitrogens with one attached hydrogen (secondary N) is 1. The van der Waals surface area contributed by atoms with Crippen LogP contribution in [-0.2, 0) is 0 Å². The van der Waals surface area contributed by atoms with Crippen LogP contribution in [0.25, 0.3) is 0 Å². The van der Waals surface area contributed by atoms with Crippen LogP contribution in [0, 0.1) is 6.92 Å². The molecule has 1 fully saturated rings. The molecule has 0 aromatic carbocycles. The number of hydrogen-bond donors (Lipinski definition) is 2. The Balaban J connectivity index is 1.70. The quantitative estimate of drug-likeness (QED) is 0.880. The topological polar surface area (TPSA) is 74.2 Å². The molecule has 0 saturated carbocycles. The summed E-state index contributed by atoms with van der Waals surface area (Å²) < 4.78 is 0. The molecule has 7 heteroatoms. The lowest BCUT2D eigenvalue weighted by atomic mass is 9.94. The van der Waals surface area contributed by atoms with Gasteiger partial charge < -0.3 is 15.3 Å². The number of pyridine rings is 1. The van der Waals surface area contributed by atoms with Crippen LogP contribution in [-0.4, -0.2) is 51.4 Å². The van der Waals surface area contributed by atoms with Crippen LogP contribution in [0.5, 0.6) is 0 Å². The summed E-state index contributed by atoms with van der Waals surface area (Å²) in [5.74, 6) is 1.24. The van der Waals surface area contributed by atoms with E-state index < -0.39 is 0 Å². The standard InChI is InChI=1S/C15H21N5OS/c1-11-18-19-15(22-11)17-14-6-2-5-13(16-14)12-4-3-7-20(10-12)8-9-21/h2,5-6,12,21H,3-4,7-10H2,1H3,(H,16,17,19)/t12-/m0/s1. The second kappa shape index (κ2) is 7.13. The highest BCUT2D eigenvalue weighted by Gasteiger charge is 2.22. The minimum atomic E-state index is 0.220. The lowest BCUT2D eigenvalue weighted by Gasteiger charge is -2.32. The molecule has 22 heavy (non-hydrogen) atoms. The number of piperidine rings is 1. The van der Waals surface area contributed by atoms with Gasteiger partial charge in [0.2, 0.25) is 5.13 Å². The molecular weight excluding hydrogens is 298 g/mol. The number of rotatable bonds is 5. The second-order valence-corrected chi connectivity index (χ2v) is 6.74. The van der Waals surface area contributed by atoms with Gasteiger partial charge >= 0.3 is 0 Å². The van der Waals surface area contributed by atoms with Crippen molar-refractivity contribution in [3.05, 3.63) is 28.9 Å². The smallest absolute Gasteiger partial charge is 0.211 e. The molecule has 1 atom stereocenters. The number of nitrogens with zero attached hydrogens (tertiary/aromatic N) is 4. The highest BCUT2D eigenvalue weighted by atomic mass is 32.1. The van der Waals surface area contributed by atoms with E-state index >= 15 is 0 Å². The summed E-state index contributed by atoms with van der Waals surface area (Å²) in [7, 11) is 0. The van der Waals surface area contributed by atoms with Crippen molar-refractivity contribution in [2.75, 3.05) is 31.6 Å². The fourth-order valence-electron chi connectivity index (χ4n) is 2.85. The Morgan fingerprint density at radius 3 is 3.09 bits per heavy atom. The van der Waals surface area contributed by atoms with Crippen molar-refractivity contribution in [1.29, 1.82) is 0 Å². The minimum Gasteiger partial charge on any atom is -0.395 e. The third kappa shape index (κ3) is 3.79. The molecule has 0 aliphatic carbocycles. The number of aromatic nitrogens is 3. The van der Waals surface area contributed by atoms with Gasteiger partial charge in [0, 0.05) is 24.7 Å². The van der Waals surface area contributed by atoms with E-state index in [4.69, 9.17) is 10.1 Å². The zero-order valence-electron chi connectivity index (χ0n) is 12.7. The Hall–Kier alpha value is -1.57. The summed E-state index contributed by atoms with van der Waals surface area (Å²) in [6.45, 7) is 4.94. The zero-order valence-corrected chi connectivity index (χ0v) is 13.5. The van der Waals surface area contributed by atoms with Crippen LogP contribution in [0.2, 0.25) is 0 Å². The summed E-state index contributed by atoms with van der Waals surface area (Å²) in [5, 5.41) is 22.1. The predicted molar refractivity (Wildman–Crippen MR) is 87.7 cm³/mol. The largest absolute Gasteiger partial charge is 0.395 e. The monoisotopic (exact) mass is 319 g/mol. The van der Waals surface area contributed by atoms with E-state index in [1.807, 2.05) is 19.1 Å². The molecular formula is C15H21N5OS. The average Bonchev–Trinajstić information content (AvgIpc) is 2.93. The first-order valence-electron chi connectivity index (χ1n) is 7.62. The van der Waals surface area contributed by atoms with Gasteiger partial charge in [0.25, 0.3) is 0 Å². The van der Waals surface area contributed by atoms with Crippen molar-refractivity contribution in [1.82, 2.24) is 20.1 Å². The van der Waals surface area contributed by atoms with Crippen molar-refractivity contribution in [3.8, 4) is 0 Å². The lowest BCUT2D eigenvalue weighted by Crippen LogP contribution is -2.36. The SMILES string of the molecule is Cc1nnc(Nc2cccc([C@H]3CCCN(CCO)C3)n2)s1. The van der Waals surface area contributed by atoms with Crippen LogP contribution in [0.1, 0.15) is 29.5 Å². The maximum atomic E-state index is 9.11. The Morgan fingerprint density at radius 2 is 2.32 bits per heavy atom. The molecule has 1 saturated heterocycles. The van der Waals surface area contributed by atoms with E-state index in [-0.39, 0.29) is 6.61 Å². The van der Waals surface area contributed by atoms with E-state index in [1.54, 1.807) is 0 Å². The number of hydrogen-bond acceptors (Lipinski definition) is 7. The molecule has 3 heterocycles. The first-order valence-corrected chi connectivity index (χ1v) is 8.43. The van der Waals surface area contributed by atoms with E-state index in [0.29, 0.717) is 5.92 Å². The number of aliphatic hydroxyl groups excluding tert-OH is 1. The Labute approximate surface area is 134 Å². The minimum absolute atomic E-state index is 0.220. The molecule has 0 unspecified atom stereocenters. The Kier molecular flexibility index (Phi) is 4.97. The van der Waals surface area contributed by atoms with Gasteiger partial charge in [-0.1, -0.05) is 17.4 Å². The third-order valence-corrected chi connectivity index (χ3v) is 4.63. The molecule has 0 spiro atoms. The zero-order chi connectivity index (χ0) is 15.4. The van der Waals surface area contributed by atoms with Crippen LogP contribution in [0.15, 0.2) is 18.2 Å². The molecule has 0 bridgehead atoms. The average molecular weight is 319 g/mol. The molecule has 0 radical (unpaired) electrons. The Bertz CT molecular complexity index is 615. The van der Waals surface area contributed by atoms with E-state index in [2.05, 4.69) is 26.5 Å². The van der Waals surface area contributed by atoms with Crippen LogP contribution >= 0.6 is 11.3 Å². The fraction of sp³-hybridized carbons (Fsp3) is 0.533. The van der Waals surface area contributed by atoms with Gasteiger partial charge in [0.05, 0.1) is 6.61 Å². The number of aliphatic hydroxyl groups is 1. The van der Waals surface area contributed by atoms with Crippen molar-refractivity contribution < 1.29 is 5.11 Å². The maximum absolute atomic E-state index is 9.11. The molecule has 1 aliphatic rings. The highest BCUT2D eigenvalue weighted by Crippen LogP contribution is 2.27. The predicted octanol–water partition coefficient (Wildman–Crippen LogP) is 2.16. The van der Waals surface area contributed by atoms with Crippen LogP contribution < -0.4 is 5.32 Å². The number of β-amino-alcohol motifs (C(OH)–C–C–N with tert-alkyl or cyclic N) is 1. The second-order valence-electron chi connectivity index (χ2n) is 5.56. The summed E-state index contributed by atoms with van der Waals surface area (Å²) >= 11 is 1.52. The van der Waals surface area contributed by atoms with Crippen LogP contribution in [0.3, 0.4) is 0 Å². The van der Waals surface area contributed by atoms with Gasteiger partial charge in [-0.15, -0.1) is 10.2 Å². The van der Waals surface area contributed by atoms with Crippen LogP contribution in [0.4, 0.5) is 10.9 Å². The van der Waals surface area contributed by atoms with Crippen molar-refractivity contribution >= 4 is 22.3 Å². The molecule has 118 valence electrons. The van der Waals surface area contributed by atoms with Crippen molar-refractivity contribution in [2.24, 2.45) is 0 Å². The first kappa shape index (κ1) is 15.3. The third-order valence-electron chi connectivity index (χ3n) is 3.87. The summed E-state index contributed by atoms with van der Waals surface area (Å²) in [5.41, 5.74) is 1.11. The summed E-state index contributed by atoms with van der Waals surface area (Å²) in [6, 6.07) is 6.07. The maximum Gasteiger partial charge on any atom is 0.211 e. The lowest BCUT2D eigenvalue weighted by molar-refractivity contribution is 0.160. The Morgan fingerprint density at radius 1 is 1.41 bits per heavy atom. The van der Waals surface area contributed by atoms with E-state index in [0.717, 1.165) is 54.1 Å². The molecule has 2 aromatic heterocycles. The van der Waals surface area contributed by atoms with Crippen molar-refractivity contribution in [2.45, 2.75) is 25.7 Å². The van der Waals surface area contributed by atoms with Gasteiger partial charge in [-0.05, 0) is 38.4 Å². The summed E-state index contributed by atoms with van der Waals surface area (Å²) in [4.78, 5) is 7.04. The molecule has 1 aliphatic heterocycles. The normalized spacial score (nSPS) is 19.3. The fourth-order valence-corrected chi connectivity index (χ4v) is 3.45.